The van der Waals surface area contributed by atoms with E-state index in [1.165, 1.54) is 29.5 Å². The Hall–Kier alpha value is -2.05. The van der Waals surface area contributed by atoms with Gasteiger partial charge in [0, 0.05) is 6.54 Å². The lowest BCUT2D eigenvalue weighted by Crippen LogP contribution is -2.28. The smallest absolute Gasteiger partial charge is 0.258 e. The second-order valence-corrected chi connectivity index (χ2v) is 4.73. The number of nitrogens with one attached hydrogen (secondary N) is 1. The number of phenolic OH excluding ortho intramolecular Hbond substituents is 2. The summed E-state index contributed by atoms with van der Waals surface area (Å²) in [5.74, 6) is -1.24. The van der Waals surface area contributed by atoms with Gasteiger partial charge in [-0.1, -0.05) is 6.07 Å². The summed E-state index contributed by atoms with van der Waals surface area (Å²) < 4.78 is 0. The molecule has 100 valence electrons. The van der Waals surface area contributed by atoms with Crippen molar-refractivity contribution in [2.75, 3.05) is 6.54 Å². The lowest BCUT2D eigenvalue weighted by molar-refractivity contribution is 0.0911. The molecule has 1 amide bonds. The Labute approximate surface area is 113 Å². The molecule has 0 radical (unpaired) electrons. The summed E-state index contributed by atoms with van der Waals surface area (Å²) in [7, 11) is 0. The summed E-state index contributed by atoms with van der Waals surface area (Å²) in [6, 6.07) is 5.81. The number of aliphatic hydroxyl groups is 1. The number of amides is 1. The van der Waals surface area contributed by atoms with Gasteiger partial charge in [-0.15, -0.1) is 0 Å². The Balaban J connectivity index is 2.02. The summed E-state index contributed by atoms with van der Waals surface area (Å²) in [6.45, 7) is 0.00331. The molecule has 0 aliphatic heterocycles. The van der Waals surface area contributed by atoms with E-state index in [-0.39, 0.29) is 23.6 Å². The average Bonchev–Trinajstić information content (AvgIpc) is 2.89. The summed E-state index contributed by atoms with van der Waals surface area (Å²) in [4.78, 5) is 11.8. The third-order valence-electron chi connectivity index (χ3n) is 2.63. The maximum absolute atomic E-state index is 11.8. The fourth-order valence-electron chi connectivity index (χ4n) is 1.62. The van der Waals surface area contributed by atoms with Crippen molar-refractivity contribution in [1.29, 1.82) is 0 Å². The maximum Gasteiger partial charge on any atom is 0.258 e. The van der Waals surface area contributed by atoms with Crippen LogP contribution in [0.4, 0.5) is 0 Å². The van der Waals surface area contributed by atoms with Crippen LogP contribution in [0.1, 0.15) is 22.0 Å². The van der Waals surface area contributed by atoms with Gasteiger partial charge in [-0.05, 0) is 34.5 Å². The van der Waals surface area contributed by atoms with Crippen molar-refractivity contribution in [3.63, 3.8) is 0 Å². The highest BCUT2D eigenvalue weighted by molar-refractivity contribution is 7.07. The minimum absolute atomic E-state index is 0.00331. The van der Waals surface area contributed by atoms with Crippen LogP contribution in [0.3, 0.4) is 0 Å². The molecule has 0 aliphatic rings. The molecule has 19 heavy (non-hydrogen) atoms. The number of hydrogen-bond donors (Lipinski definition) is 4. The highest BCUT2D eigenvalue weighted by Crippen LogP contribution is 2.26. The quantitative estimate of drug-likeness (QED) is 0.684. The number of carbonyl (C=O) groups excluding carboxylic acids is 1. The van der Waals surface area contributed by atoms with E-state index in [4.69, 9.17) is 0 Å². The monoisotopic (exact) mass is 279 g/mol. The molecule has 0 aliphatic carbocycles. The van der Waals surface area contributed by atoms with Crippen LogP contribution in [0.15, 0.2) is 35.0 Å². The number of aliphatic hydroxyl groups excluding tert-OH is 1. The van der Waals surface area contributed by atoms with Crippen molar-refractivity contribution in [3.8, 4) is 11.5 Å². The topological polar surface area (TPSA) is 89.8 Å². The minimum Gasteiger partial charge on any atom is -0.507 e. The van der Waals surface area contributed by atoms with E-state index in [1.807, 2.05) is 5.38 Å². The Morgan fingerprint density at radius 3 is 2.53 bits per heavy atom. The van der Waals surface area contributed by atoms with Gasteiger partial charge in [-0.3, -0.25) is 4.79 Å². The fraction of sp³-hybridized carbons (Fsp3) is 0.154. The Bertz CT molecular complexity index is 548. The molecule has 1 heterocycles. The number of aromatic hydroxyl groups is 2. The number of thiophene rings is 1. The van der Waals surface area contributed by atoms with E-state index >= 15 is 0 Å². The standard InChI is InChI=1S/C13H13NO4S/c15-9-2-1-3-10(16)12(9)13(18)14-6-11(17)8-4-5-19-7-8/h1-5,7,11,15-17H,6H2,(H,14,18). The third kappa shape index (κ3) is 3.04. The molecule has 2 aromatic rings. The predicted octanol–water partition coefficient (Wildman–Crippen LogP) is 1.62. The zero-order chi connectivity index (χ0) is 13.8. The van der Waals surface area contributed by atoms with Gasteiger partial charge in [0.1, 0.15) is 17.1 Å². The summed E-state index contributed by atoms with van der Waals surface area (Å²) in [6.07, 6.45) is -0.816. The van der Waals surface area contributed by atoms with Gasteiger partial charge in [-0.25, -0.2) is 0 Å². The van der Waals surface area contributed by atoms with Gasteiger partial charge in [0.15, 0.2) is 0 Å². The first kappa shape index (κ1) is 13.4. The highest BCUT2D eigenvalue weighted by Gasteiger charge is 2.17. The van der Waals surface area contributed by atoms with Crippen LogP contribution < -0.4 is 5.32 Å². The minimum atomic E-state index is -0.816. The van der Waals surface area contributed by atoms with Crippen LogP contribution in [0, 0.1) is 0 Å². The van der Waals surface area contributed by atoms with E-state index in [0.29, 0.717) is 5.56 Å². The molecule has 0 saturated carbocycles. The van der Waals surface area contributed by atoms with E-state index in [9.17, 15) is 20.1 Å². The maximum atomic E-state index is 11.8. The van der Waals surface area contributed by atoms with Crippen LogP contribution in [0.2, 0.25) is 0 Å². The molecule has 4 N–H and O–H groups in total. The SMILES string of the molecule is O=C(NCC(O)c1ccsc1)c1c(O)cccc1O. The fourth-order valence-corrected chi connectivity index (χ4v) is 2.33. The third-order valence-corrected chi connectivity index (χ3v) is 3.33. The van der Waals surface area contributed by atoms with Crippen molar-refractivity contribution < 1.29 is 20.1 Å². The lowest BCUT2D eigenvalue weighted by atomic mass is 10.1. The van der Waals surface area contributed by atoms with E-state index in [1.54, 1.807) is 11.4 Å². The molecular weight excluding hydrogens is 266 g/mol. The van der Waals surface area contributed by atoms with E-state index in [2.05, 4.69) is 5.32 Å². The Morgan fingerprint density at radius 2 is 1.95 bits per heavy atom. The summed E-state index contributed by atoms with van der Waals surface area (Å²) in [5.41, 5.74) is 0.520. The first-order valence-corrected chi connectivity index (χ1v) is 6.53. The van der Waals surface area contributed by atoms with Crippen molar-refractivity contribution >= 4 is 17.2 Å². The van der Waals surface area contributed by atoms with Crippen LogP contribution >= 0.6 is 11.3 Å². The predicted molar refractivity (Wildman–Crippen MR) is 71.4 cm³/mol. The molecular formula is C13H13NO4S. The van der Waals surface area contributed by atoms with Crippen LogP contribution in [0.5, 0.6) is 11.5 Å². The van der Waals surface area contributed by atoms with Gasteiger partial charge in [0.25, 0.3) is 5.91 Å². The molecule has 0 bridgehead atoms. The molecule has 0 fully saturated rings. The molecule has 1 atom stereocenters. The second-order valence-electron chi connectivity index (χ2n) is 3.95. The van der Waals surface area contributed by atoms with Gasteiger partial charge in [0.2, 0.25) is 0 Å². The molecule has 1 aromatic carbocycles. The van der Waals surface area contributed by atoms with Crippen molar-refractivity contribution in [2.45, 2.75) is 6.10 Å². The van der Waals surface area contributed by atoms with Gasteiger partial charge in [0.05, 0.1) is 6.10 Å². The molecule has 1 aromatic heterocycles. The molecule has 2 rings (SSSR count). The Kier molecular flexibility index (Phi) is 4.03. The zero-order valence-corrected chi connectivity index (χ0v) is 10.7. The van der Waals surface area contributed by atoms with Gasteiger partial charge in [-0.2, -0.15) is 11.3 Å². The van der Waals surface area contributed by atoms with Crippen LogP contribution in [0.25, 0.3) is 0 Å². The zero-order valence-electron chi connectivity index (χ0n) is 9.91. The first-order chi connectivity index (χ1) is 9.09. The molecule has 6 heteroatoms. The number of phenols is 2. The van der Waals surface area contributed by atoms with Crippen molar-refractivity contribution in [3.05, 3.63) is 46.2 Å². The van der Waals surface area contributed by atoms with E-state index < -0.39 is 12.0 Å². The molecule has 5 nitrogen and oxygen atoms in total. The van der Waals surface area contributed by atoms with E-state index in [0.717, 1.165) is 0 Å². The summed E-state index contributed by atoms with van der Waals surface area (Å²) >= 11 is 1.45. The van der Waals surface area contributed by atoms with Crippen molar-refractivity contribution in [1.82, 2.24) is 5.32 Å². The molecule has 0 saturated heterocycles. The second kappa shape index (κ2) is 5.73. The number of hydrogen-bond acceptors (Lipinski definition) is 5. The van der Waals surface area contributed by atoms with Gasteiger partial charge < -0.3 is 20.6 Å². The van der Waals surface area contributed by atoms with Crippen LogP contribution in [-0.2, 0) is 0 Å². The summed E-state index contributed by atoms with van der Waals surface area (Å²) in [5, 5.41) is 34.9. The van der Waals surface area contributed by atoms with Gasteiger partial charge >= 0.3 is 0 Å². The average molecular weight is 279 g/mol. The largest absolute Gasteiger partial charge is 0.507 e. The number of benzene rings is 1. The normalized spacial score (nSPS) is 12.1. The Morgan fingerprint density at radius 1 is 1.26 bits per heavy atom. The molecule has 0 spiro atoms. The first-order valence-electron chi connectivity index (χ1n) is 5.59. The highest BCUT2D eigenvalue weighted by atomic mass is 32.1. The number of carbonyl (C=O) groups is 1. The van der Waals surface area contributed by atoms with Crippen LogP contribution in [-0.4, -0.2) is 27.8 Å². The number of rotatable bonds is 4. The van der Waals surface area contributed by atoms with Crippen molar-refractivity contribution in [2.24, 2.45) is 0 Å². The lowest BCUT2D eigenvalue weighted by Gasteiger charge is -2.12. The molecule has 1 unspecified atom stereocenters.